The highest BCUT2D eigenvalue weighted by molar-refractivity contribution is 6.36. The van der Waals surface area contributed by atoms with Crippen molar-refractivity contribution >= 4 is 40.8 Å². The van der Waals surface area contributed by atoms with Crippen LogP contribution in [0, 0.1) is 0 Å². The zero-order valence-corrected chi connectivity index (χ0v) is 14.1. The first-order valence-electron chi connectivity index (χ1n) is 7.52. The molecule has 128 valence electrons. The van der Waals surface area contributed by atoms with Crippen molar-refractivity contribution in [1.82, 2.24) is 0 Å². The number of carbonyl (C=O) groups excluding carboxylic acids is 2. The number of carbonyl (C=O) groups is 2. The molecule has 0 aromatic heterocycles. The van der Waals surface area contributed by atoms with Crippen LogP contribution >= 0.6 is 23.2 Å². The van der Waals surface area contributed by atoms with Crippen molar-refractivity contribution in [2.24, 2.45) is 0 Å². The van der Waals surface area contributed by atoms with Gasteiger partial charge in [-0.25, -0.2) is 4.79 Å². The third kappa shape index (κ3) is 3.30. The summed E-state index contributed by atoms with van der Waals surface area (Å²) in [4.78, 5) is 24.5. The predicted molar refractivity (Wildman–Crippen MR) is 87.7 cm³/mol. The van der Waals surface area contributed by atoms with Crippen LogP contribution in [0.25, 0.3) is 0 Å². The Balaban J connectivity index is 1.82. The summed E-state index contributed by atoms with van der Waals surface area (Å²) < 4.78 is 10.7. The van der Waals surface area contributed by atoms with Gasteiger partial charge in [-0.2, -0.15) is 0 Å². The van der Waals surface area contributed by atoms with Crippen LogP contribution in [0.3, 0.4) is 0 Å². The number of anilines is 1. The number of aliphatic hydroxyl groups is 1. The first-order valence-corrected chi connectivity index (χ1v) is 8.28. The third-order valence-electron chi connectivity index (χ3n) is 4.00. The lowest BCUT2D eigenvalue weighted by atomic mass is 9.93. The van der Waals surface area contributed by atoms with E-state index in [0.717, 1.165) is 19.3 Å². The molecule has 3 rings (SSSR count). The Morgan fingerprint density at radius 2 is 1.88 bits per heavy atom. The van der Waals surface area contributed by atoms with Gasteiger partial charge in [0.15, 0.2) is 0 Å². The van der Waals surface area contributed by atoms with Gasteiger partial charge in [0, 0.05) is 17.9 Å². The highest BCUT2D eigenvalue weighted by Crippen LogP contribution is 2.38. The molecule has 1 saturated carbocycles. The summed E-state index contributed by atoms with van der Waals surface area (Å²) in [5.41, 5.74) is -0.387. The van der Waals surface area contributed by atoms with E-state index < -0.39 is 29.2 Å². The Bertz CT molecular complexity index is 725. The Morgan fingerprint density at radius 1 is 1.17 bits per heavy atom. The van der Waals surface area contributed by atoms with Crippen LogP contribution in [-0.4, -0.2) is 22.8 Å². The van der Waals surface area contributed by atoms with Gasteiger partial charge < -0.3 is 19.9 Å². The van der Waals surface area contributed by atoms with Crippen molar-refractivity contribution < 1.29 is 24.2 Å². The van der Waals surface area contributed by atoms with Gasteiger partial charge in [0.25, 0.3) is 11.7 Å². The molecule has 0 saturated heterocycles. The molecule has 0 bridgehead atoms. The number of aliphatic hydroxyl groups excluding tert-OH is 1. The van der Waals surface area contributed by atoms with Crippen molar-refractivity contribution in [3.63, 3.8) is 0 Å². The molecule has 2 N–H and O–H groups in total. The van der Waals surface area contributed by atoms with E-state index in [2.05, 4.69) is 5.32 Å². The van der Waals surface area contributed by atoms with Crippen LogP contribution in [0.4, 0.5) is 5.69 Å². The van der Waals surface area contributed by atoms with E-state index in [1.165, 1.54) is 12.1 Å². The summed E-state index contributed by atoms with van der Waals surface area (Å²) in [6, 6.07) is 4.48. The standard InChI is InChI=1S/C16H15Cl2NO5/c17-9-4-5-10(18)11(8-9)19-13(20)12-14(21)23-16(24-15(12)22)6-2-1-3-7-16/h4-5,8,21H,1-3,6-7H2,(H,19,20). The lowest BCUT2D eigenvalue weighted by molar-refractivity contribution is -0.249. The summed E-state index contributed by atoms with van der Waals surface area (Å²) in [5.74, 6) is -3.70. The molecule has 1 heterocycles. The molecule has 2 aliphatic rings. The molecule has 6 nitrogen and oxygen atoms in total. The van der Waals surface area contributed by atoms with Crippen molar-refractivity contribution in [3.05, 3.63) is 39.8 Å². The van der Waals surface area contributed by atoms with Crippen LogP contribution in [0.2, 0.25) is 10.0 Å². The average molecular weight is 372 g/mol. The molecule has 0 unspecified atom stereocenters. The highest BCUT2D eigenvalue weighted by Gasteiger charge is 2.46. The highest BCUT2D eigenvalue weighted by atomic mass is 35.5. The molecular formula is C16H15Cl2NO5. The number of hydrogen-bond donors (Lipinski definition) is 2. The van der Waals surface area contributed by atoms with Crippen LogP contribution in [0.1, 0.15) is 32.1 Å². The number of benzene rings is 1. The van der Waals surface area contributed by atoms with Crippen molar-refractivity contribution in [1.29, 1.82) is 0 Å². The normalized spacial score (nSPS) is 19.7. The van der Waals surface area contributed by atoms with Gasteiger partial charge in [-0.1, -0.05) is 29.6 Å². The van der Waals surface area contributed by atoms with Crippen LogP contribution < -0.4 is 5.32 Å². The summed E-state index contributed by atoms with van der Waals surface area (Å²) in [5, 5.41) is 13.1. The second-order valence-electron chi connectivity index (χ2n) is 5.72. The number of esters is 1. The molecule has 0 atom stereocenters. The van der Waals surface area contributed by atoms with Gasteiger partial charge in [0.05, 0.1) is 10.7 Å². The maximum absolute atomic E-state index is 12.3. The molecule has 24 heavy (non-hydrogen) atoms. The van der Waals surface area contributed by atoms with Gasteiger partial charge in [-0.15, -0.1) is 0 Å². The van der Waals surface area contributed by atoms with E-state index in [4.69, 9.17) is 32.7 Å². The van der Waals surface area contributed by atoms with Gasteiger partial charge in [-0.3, -0.25) is 4.79 Å². The maximum atomic E-state index is 12.3. The smallest absolute Gasteiger partial charge is 0.354 e. The molecule has 1 fully saturated rings. The SMILES string of the molecule is O=C(Nc1cc(Cl)ccc1Cl)C1=C(O)OC2(CCCCC2)OC1=O. The van der Waals surface area contributed by atoms with Crippen molar-refractivity contribution in [2.75, 3.05) is 5.32 Å². The van der Waals surface area contributed by atoms with Crippen LogP contribution in [-0.2, 0) is 19.1 Å². The molecule has 1 aromatic carbocycles. The fourth-order valence-corrected chi connectivity index (χ4v) is 3.15. The summed E-state index contributed by atoms with van der Waals surface area (Å²) in [6.07, 6.45) is 3.61. The Morgan fingerprint density at radius 3 is 2.54 bits per heavy atom. The lowest BCUT2D eigenvalue weighted by Crippen LogP contribution is -2.45. The van der Waals surface area contributed by atoms with E-state index >= 15 is 0 Å². The minimum absolute atomic E-state index is 0.209. The Labute approximate surface area is 148 Å². The first-order chi connectivity index (χ1) is 11.4. The van der Waals surface area contributed by atoms with Gasteiger partial charge in [0.1, 0.15) is 0 Å². The second-order valence-corrected chi connectivity index (χ2v) is 6.57. The van der Waals surface area contributed by atoms with E-state index in [1.807, 2.05) is 0 Å². The average Bonchev–Trinajstić information content (AvgIpc) is 2.50. The number of hydrogen-bond acceptors (Lipinski definition) is 5. The van der Waals surface area contributed by atoms with E-state index in [9.17, 15) is 14.7 Å². The molecule has 1 aromatic rings. The second kappa shape index (κ2) is 6.53. The Hall–Kier alpha value is -1.92. The predicted octanol–water partition coefficient (Wildman–Crippen LogP) is 3.94. The fourth-order valence-electron chi connectivity index (χ4n) is 2.82. The number of halogens is 2. The van der Waals surface area contributed by atoms with E-state index in [0.29, 0.717) is 17.9 Å². The number of amides is 1. The third-order valence-corrected chi connectivity index (χ3v) is 4.56. The lowest BCUT2D eigenvalue weighted by Gasteiger charge is -2.38. The number of ether oxygens (including phenoxy) is 2. The zero-order chi connectivity index (χ0) is 17.3. The minimum atomic E-state index is -1.17. The molecular weight excluding hydrogens is 357 g/mol. The largest absolute Gasteiger partial charge is 0.480 e. The van der Waals surface area contributed by atoms with E-state index in [1.54, 1.807) is 6.07 Å². The molecule has 1 aliphatic carbocycles. The summed E-state index contributed by atoms with van der Waals surface area (Å²) >= 11 is 11.8. The Kier molecular flexibility index (Phi) is 4.60. The topological polar surface area (TPSA) is 84.9 Å². The monoisotopic (exact) mass is 371 g/mol. The minimum Gasteiger partial charge on any atom is -0.480 e. The molecule has 8 heteroatoms. The summed E-state index contributed by atoms with van der Waals surface area (Å²) in [6.45, 7) is 0. The number of nitrogens with one attached hydrogen (secondary N) is 1. The summed E-state index contributed by atoms with van der Waals surface area (Å²) in [7, 11) is 0. The molecule has 1 amide bonds. The van der Waals surface area contributed by atoms with Crippen LogP contribution in [0.15, 0.2) is 29.7 Å². The first kappa shape index (κ1) is 16.9. The van der Waals surface area contributed by atoms with Crippen molar-refractivity contribution in [3.8, 4) is 0 Å². The van der Waals surface area contributed by atoms with Gasteiger partial charge in [-0.05, 0) is 31.0 Å². The molecule has 1 aliphatic heterocycles. The van der Waals surface area contributed by atoms with Gasteiger partial charge in [0.2, 0.25) is 5.57 Å². The quantitative estimate of drug-likeness (QED) is 0.607. The fraction of sp³-hybridized carbons (Fsp3) is 0.375. The molecule has 0 radical (unpaired) electrons. The molecule has 1 spiro atoms. The van der Waals surface area contributed by atoms with E-state index in [-0.39, 0.29) is 10.7 Å². The van der Waals surface area contributed by atoms with Crippen LogP contribution in [0.5, 0.6) is 0 Å². The van der Waals surface area contributed by atoms with Gasteiger partial charge >= 0.3 is 11.9 Å². The zero-order valence-electron chi connectivity index (χ0n) is 12.6. The number of rotatable bonds is 2. The van der Waals surface area contributed by atoms with Crippen molar-refractivity contribution in [2.45, 2.75) is 37.9 Å². The maximum Gasteiger partial charge on any atom is 0.354 e.